The van der Waals surface area contributed by atoms with Crippen LogP contribution >= 0.6 is 0 Å². The molecule has 1 saturated heterocycles. The molecule has 1 aliphatic heterocycles. The van der Waals surface area contributed by atoms with Crippen molar-refractivity contribution in [1.29, 1.82) is 0 Å². The third kappa shape index (κ3) is 2.48. The highest BCUT2D eigenvalue weighted by atomic mass is 16.7. The van der Waals surface area contributed by atoms with E-state index in [4.69, 9.17) is 4.84 Å². The molecule has 0 saturated carbocycles. The van der Waals surface area contributed by atoms with Gasteiger partial charge in [-0.25, -0.2) is 0 Å². The average molecular weight is 235 g/mol. The number of benzene rings is 1. The van der Waals surface area contributed by atoms with E-state index >= 15 is 0 Å². The fourth-order valence-corrected chi connectivity index (χ4v) is 1.87. The molecule has 1 aromatic carbocycles. The van der Waals surface area contributed by atoms with Crippen molar-refractivity contribution in [3.8, 4) is 0 Å². The molecule has 1 aliphatic rings. The van der Waals surface area contributed by atoms with Crippen LogP contribution in [0.2, 0.25) is 0 Å². The fourth-order valence-electron chi connectivity index (χ4n) is 1.87. The van der Waals surface area contributed by atoms with Gasteiger partial charge in [0.05, 0.1) is 18.2 Å². The summed E-state index contributed by atoms with van der Waals surface area (Å²) in [7, 11) is 0. The molecule has 0 bridgehead atoms. The third-order valence-corrected chi connectivity index (χ3v) is 2.73. The van der Waals surface area contributed by atoms with Crippen LogP contribution < -0.4 is 5.06 Å². The van der Waals surface area contributed by atoms with Crippen molar-refractivity contribution < 1.29 is 14.7 Å². The Balaban J connectivity index is 2.29. The topological polar surface area (TPSA) is 49.8 Å². The van der Waals surface area contributed by atoms with E-state index < -0.39 is 11.7 Å². The number of carbonyl (C=O) groups is 1. The van der Waals surface area contributed by atoms with Gasteiger partial charge in [-0.2, -0.15) is 5.06 Å². The number of aliphatic hydroxyl groups excluding tert-OH is 1. The first-order valence-electron chi connectivity index (χ1n) is 5.69. The fraction of sp³-hybridized carbons (Fsp3) is 0.462. The third-order valence-electron chi connectivity index (χ3n) is 2.73. The molecular formula is C13H17NO3. The average Bonchev–Trinajstić information content (AvgIpc) is 2.52. The smallest absolute Gasteiger partial charge is 0.253 e. The first-order valence-corrected chi connectivity index (χ1v) is 5.69. The molecule has 1 aromatic rings. The first-order chi connectivity index (χ1) is 7.89. The van der Waals surface area contributed by atoms with Crippen molar-refractivity contribution in [2.24, 2.45) is 0 Å². The van der Waals surface area contributed by atoms with Crippen LogP contribution in [0.3, 0.4) is 0 Å². The number of hydrogen-bond donors (Lipinski definition) is 1. The van der Waals surface area contributed by atoms with Crippen LogP contribution in [0.4, 0.5) is 5.69 Å². The van der Waals surface area contributed by atoms with Crippen LogP contribution in [-0.2, 0) is 9.63 Å². The quantitative estimate of drug-likeness (QED) is 0.854. The van der Waals surface area contributed by atoms with Crippen LogP contribution in [-0.4, -0.2) is 16.6 Å². The lowest BCUT2D eigenvalue weighted by Crippen LogP contribution is -2.25. The summed E-state index contributed by atoms with van der Waals surface area (Å²) in [6.45, 7) is 5.45. The zero-order valence-electron chi connectivity index (χ0n) is 10.3. The largest absolute Gasteiger partial charge is 0.389 e. The van der Waals surface area contributed by atoms with Gasteiger partial charge in [0.15, 0.2) is 0 Å². The molecule has 4 heteroatoms. The Hall–Kier alpha value is -1.39. The molecule has 0 aliphatic carbocycles. The molecule has 1 amide bonds. The van der Waals surface area contributed by atoms with Crippen LogP contribution in [0.5, 0.6) is 0 Å². The highest BCUT2D eigenvalue weighted by Crippen LogP contribution is 2.31. The molecule has 1 unspecified atom stereocenters. The van der Waals surface area contributed by atoms with Gasteiger partial charge in [-0.3, -0.25) is 9.63 Å². The molecule has 1 heterocycles. The Kier molecular flexibility index (Phi) is 2.93. The Morgan fingerprint density at radius 1 is 1.47 bits per heavy atom. The zero-order valence-corrected chi connectivity index (χ0v) is 10.3. The van der Waals surface area contributed by atoms with Crippen molar-refractivity contribution in [3.05, 3.63) is 29.8 Å². The lowest BCUT2D eigenvalue weighted by atomic mass is 10.1. The molecule has 0 spiro atoms. The lowest BCUT2D eigenvalue weighted by Gasteiger charge is -2.20. The predicted octanol–water partition coefficient (Wildman–Crippen LogP) is 2.19. The van der Waals surface area contributed by atoms with Crippen molar-refractivity contribution in [3.63, 3.8) is 0 Å². The Bertz CT molecular complexity index is 440. The summed E-state index contributed by atoms with van der Waals surface area (Å²) in [6, 6.07) is 7.19. The Labute approximate surface area is 101 Å². The number of amides is 1. The SMILES string of the molecule is CC(O)c1cccc(N2OC(C)(C)CC2=O)c1. The molecule has 1 N–H and O–H groups in total. The highest BCUT2D eigenvalue weighted by molar-refractivity contribution is 5.93. The number of carbonyl (C=O) groups excluding carboxylic acids is 1. The molecule has 0 radical (unpaired) electrons. The predicted molar refractivity (Wildman–Crippen MR) is 64.3 cm³/mol. The van der Waals surface area contributed by atoms with Gasteiger partial charge < -0.3 is 5.11 Å². The van der Waals surface area contributed by atoms with E-state index in [2.05, 4.69) is 0 Å². The van der Waals surface area contributed by atoms with Crippen molar-refractivity contribution in [2.75, 3.05) is 5.06 Å². The second kappa shape index (κ2) is 4.13. The standard InChI is InChI=1S/C13H17NO3/c1-9(15)10-5-4-6-11(7-10)14-12(16)8-13(2,3)17-14/h4-7,9,15H,8H2,1-3H3. The maximum absolute atomic E-state index is 11.8. The molecule has 92 valence electrons. The van der Waals surface area contributed by atoms with Crippen LogP contribution in [0.25, 0.3) is 0 Å². The van der Waals surface area contributed by atoms with Gasteiger partial charge in [-0.1, -0.05) is 12.1 Å². The molecule has 4 nitrogen and oxygen atoms in total. The highest BCUT2D eigenvalue weighted by Gasteiger charge is 2.38. The van der Waals surface area contributed by atoms with E-state index in [0.29, 0.717) is 12.1 Å². The van der Waals surface area contributed by atoms with E-state index in [0.717, 1.165) is 5.56 Å². The van der Waals surface area contributed by atoms with Gasteiger partial charge in [0, 0.05) is 0 Å². The summed E-state index contributed by atoms with van der Waals surface area (Å²) >= 11 is 0. The van der Waals surface area contributed by atoms with Crippen LogP contribution in [0.1, 0.15) is 38.9 Å². The van der Waals surface area contributed by atoms with E-state index in [1.165, 1.54) is 5.06 Å². The van der Waals surface area contributed by atoms with Crippen molar-refractivity contribution >= 4 is 11.6 Å². The lowest BCUT2D eigenvalue weighted by molar-refractivity contribution is -0.119. The summed E-state index contributed by atoms with van der Waals surface area (Å²) in [4.78, 5) is 17.4. The van der Waals surface area contributed by atoms with Crippen molar-refractivity contribution in [2.45, 2.75) is 38.9 Å². The summed E-state index contributed by atoms with van der Waals surface area (Å²) in [5, 5.41) is 10.8. The van der Waals surface area contributed by atoms with Gasteiger partial charge >= 0.3 is 0 Å². The zero-order chi connectivity index (χ0) is 12.6. The minimum atomic E-state index is -0.555. The second-order valence-corrected chi connectivity index (χ2v) is 4.99. The molecule has 2 rings (SSSR count). The Morgan fingerprint density at radius 2 is 2.18 bits per heavy atom. The maximum atomic E-state index is 11.8. The molecule has 0 aromatic heterocycles. The van der Waals surface area contributed by atoms with E-state index in [1.807, 2.05) is 19.9 Å². The maximum Gasteiger partial charge on any atom is 0.253 e. The van der Waals surface area contributed by atoms with E-state index in [1.54, 1.807) is 25.1 Å². The van der Waals surface area contributed by atoms with Gasteiger partial charge in [-0.05, 0) is 38.5 Å². The van der Waals surface area contributed by atoms with E-state index in [9.17, 15) is 9.90 Å². The normalized spacial score (nSPS) is 20.7. The molecular weight excluding hydrogens is 218 g/mol. The molecule has 1 atom stereocenters. The number of anilines is 1. The minimum Gasteiger partial charge on any atom is -0.389 e. The number of hydrogen-bond acceptors (Lipinski definition) is 3. The van der Waals surface area contributed by atoms with Gasteiger partial charge in [0.25, 0.3) is 5.91 Å². The number of nitrogens with zero attached hydrogens (tertiary/aromatic N) is 1. The molecule has 1 fully saturated rings. The summed E-state index contributed by atoms with van der Waals surface area (Å²) in [5.74, 6) is -0.0576. The van der Waals surface area contributed by atoms with Crippen LogP contribution in [0.15, 0.2) is 24.3 Å². The number of aliphatic hydroxyl groups is 1. The molecule has 17 heavy (non-hydrogen) atoms. The van der Waals surface area contributed by atoms with Gasteiger partial charge in [0.2, 0.25) is 0 Å². The number of rotatable bonds is 2. The van der Waals surface area contributed by atoms with Crippen LogP contribution in [0, 0.1) is 0 Å². The monoisotopic (exact) mass is 235 g/mol. The van der Waals surface area contributed by atoms with Crippen molar-refractivity contribution in [1.82, 2.24) is 0 Å². The van der Waals surface area contributed by atoms with Gasteiger partial charge in [0.1, 0.15) is 5.60 Å². The van der Waals surface area contributed by atoms with E-state index in [-0.39, 0.29) is 5.91 Å². The summed E-state index contributed by atoms with van der Waals surface area (Å²) < 4.78 is 0. The second-order valence-electron chi connectivity index (χ2n) is 4.99. The summed E-state index contributed by atoms with van der Waals surface area (Å²) in [6.07, 6.45) is -0.188. The first kappa shape index (κ1) is 12.1. The summed E-state index contributed by atoms with van der Waals surface area (Å²) in [5.41, 5.74) is 0.973. The van der Waals surface area contributed by atoms with Gasteiger partial charge in [-0.15, -0.1) is 0 Å². The Morgan fingerprint density at radius 3 is 2.71 bits per heavy atom. The number of hydroxylamine groups is 1. The minimum absolute atomic E-state index is 0.0576.